The minimum Gasteiger partial charge on any atom is -0.443 e. The van der Waals surface area contributed by atoms with Gasteiger partial charge in [0.05, 0.1) is 36.2 Å². The molecule has 4 aromatic rings. The molecule has 0 radical (unpaired) electrons. The van der Waals surface area contributed by atoms with E-state index in [9.17, 15) is 14.7 Å². The van der Waals surface area contributed by atoms with E-state index in [2.05, 4.69) is 34.5 Å². The first-order valence-corrected chi connectivity index (χ1v) is 23.2. The molecule has 2 saturated heterocycles. The van der Waals surface area contributed by atoms with Gasteiger partial charge in [0.15, 0.2) is 6.29 Å². The zero-order chi connectivity index (χ0) is 45.2. The highest BCUT2D eigenvalue weighted by Crippen LogP contribution is 2.33. The van der Waals surface area contributed by atoms with Crippen molar-refractivity contribution in [2.45, 2.75) is 102 Å². The van der Waals surface area contributed by atoms with Crippen LogP contribution in [0.15, 0.2) is 120 Å². The zero-order valence-electron chi connectivity index (χ0n) is 37.4. The van der Waals surface area contributed by atoms with Gasteiger partial charge in [-0.05, 0) is 86.9 Å². The van der Waals surface area contributed by atoms with Crippen LogP contribution in [0, 0.1) is 11.3 Å². The molecule has 63 heavy (non-hydrogen) atoms. The van der Waals surface area contributed by atoms with Gasteiger partial charge in [0.1, 0.15) is 11.7 Å². The predicted molar refractivity (Wildman–Crippen MR) is 242 cm³/mol. The van der Waals surface area contributed by atoms with E-state index >= 15 is 8.42 Å². The lowest BCUT2D eigenvalue weighted by Gasteiger charge is -2.36. The molecular formula is C49H64N4O9S. The van der Waals surface area contributed by atoms with Crippen LogP contribution in [0.4, 0.5) is 15.3 Å². The molecule has 0 unspecified atom stereocenters. The van der Waals surface area contributed by atoms with Crippen molar-refractivity contribution in [3.8, 4) is 0 Å². The van der Waals surface area contributed by atoms with Gasteiger partial charge in [-0.1, -0.05) is 111 Å². The molecule has 340 valence electrons. The summed E-state index contributed by atoms with van der Waals surface area (Å²) >= 11 is 0. The molecular weight excluding hydrogens is 821 g/mol. The predicted octanol–water partition coefficient (Wildman–Crippen LogP) is 7.63. The fourth-order valence-corrected chi connectivity index (χ4v) is 9.64. The summed E-state index contributed by atoms with van der Waals surface area (Å²) in [6.07, 6.45) is -2.15. The number of carbonyl (C=O) groups excluding carboxylic acids is 2. The number of ether oxygens (including phenoxy) is 4. The van der Waals surface area contributed by atoms with Crippen molar-refractivity contribution in [2.75, 3.05) is 44.8 Å². The van der Waals surface area contributed by atoms with Crippen molar-refractivity contribution in [3.63, 3.8) is 0 Å². The minimum atomic E-state index is -4.34. The number of sulfonamides is 1. The first kappa shape index (κ1) is 47.6. The van der Waals surface area contributed by atoms with Crippen LogP contribution in [0.2, 0.25) is 0 Å². The average Bonchev–Trinajstić information content (AvgIpc) is 3.88. The number of nitrogens with zero attached hydrogens (tertiary/aromatic N) is 3. The number of alkyl carbamates (subject to hydrolysis) is 1. The highest BCUT2D eigenvalue weighted by atomic mass is 32.2. The normalized spacial score (nSPS) is 18.8. The topological polar surface area (TPSA) is 147 Å². The van der Waals surface area contributed by atoms with E-state index in [1.165, 1.54) is 39.5 Å². The summed E-state index contributed by atoms with van der Waals surface area (Å²) in [5.41, 5.74) is 2.12. The Morgan fingerprint density at radius 1 is 0.841 bits per heavy atom. The second-order valence-corrected chi connectivity index (χ2v) is 20.3. The van der Waals surface area contributed by atoms with Gasteiger partial charge < -0.3 is 29.4 Å². The molecule has 5 atom stereocenters. The van der Waals surface area contributed by atoms with Gasteiger partial charge in [-0.15, -0.1) is 0 Å². The van der Waals surface area contributed by atoms with E-state index in [0.29, 0.717) is 44.8 Å². The fraction of sp³-hybridized carbons (Fsp3) is 0.469. The summed E-state index contributed by atoms with van der Waals surface area (Å²) in [7, 11) is -2.81. The Bertz CT molecular complexity index is 2150. The standard InChI is InChI=1S/C49H64N4O9S/c1-48(2,3)62-47(56)51(6)39-23-16-24-40(30-39)63(57,58)53(35-49(4,5)26-27-52(31-37-19-12-8-13-20-37)32-38-21-14-9-15-22-38)33-43(54)42(29-36-17-10-7-11-18-36)50-46(55)61-44-34-60-45-41(44)25-28-59-45/h7-24,30,41-45,54H,25-29,31-35H2,1-6H3,(H,50,55)/t41-,42-,43+,44-,45+/m0/s1. The van der Waals surface area contributed by atoms with Gasteiger partial charge in [0.2, 0.25) is 10.0 Å². The van der Waals surface area contributed by atoms with Gasteiger partial charge in [0.25, 0.3) is 0 Å². The highest BCUT2D eigenvalue weighted by molar-refractivity contribution is 7.89. The number of amides is 2. The van der Waals surface area contributed by atoms with Gasteiger partial charge in [-0.25, -0.2) is 18.0 Å². The maximum Gasteiger partial charge on any atom is 0.414 e. The molecule has 0 spiro atoms. The Labute approximate surface area is 373 Å². The molecule has 2 N–H and O–H groups in total. The van der Waals surface area contributed by atoms with Gasteiger partial charge >= 0.3 is 12.2 Å². The summed E-state index contributed by atoms with van der Waals surface area (Å²) in [6.45, 7) is 11.8. The van der Waals surface area contributed by atoms with E-state index in [-0.39, 0.29) is 36.9 Å². The number of hydrogen-bond donors (Lipinski definition) is 2. The molecule has 6 rings (SSSR count). The molecule has 2 aliphatic heterocycles. The summed E-state index contributed by atoms with van der Waals surface area (Å²) in [5, 5.41) is 15.1. The molecule has 0 saturated carbocycles. The maximum atomic E-state index is 15.0. The van der Waals surface area contributed by atoms with Crippen molar-refractivity contribution < 1.29 is 42.1 Å². The maximum absolute atomic E-state index is 15.0. The van der Waals surface area contributed by atoms with E-state index in [4.69, 9.17) is 18.9 Å². The molecule has 2 fully saturated rings. The van der Waals surface area contributed by atoms with Crippen LogP contribution < -0.4 is 10.2 Å². The third-order valence-electron chi connectivity index (χ3n) is 11.4. The first-order chi connectivity index (χ1) is 30.0. The van der Waals surface area contributed by atoms with Crippen LogP contribution in [0.1, 0.15) is 64.2 Å². The van der Waals surface area contributed by atoms with Crippen LogP contribution in [-0.2, 0) is 48.5 Å². The Balaban J connectivity index is 1.27. The average molecular weight is 885 g/mol. The van der Waals surface area contributed by atoms with Crippen molar-refractivity contribution in [2.24, 2.45) is 11.3 Å². The number of nitrogens with one attached hydrogen (secondary N) is 1. The van der Waals surface area contributed by atoms with E-state index in [1.54, 1.807) is 32.9 Å². The Hall–Kier alpha value is -4.83. The SMILES string of the molecule is CN(C(=O)OC(C)(C)C)c1cccc(S(=O)(=O)N(C[C@@H](O)[C@H](Cc2ccccc2)NC(=O)O[C@H]2CO[C@H]3OCC[C@H]32)CC(C)(C)CCN(Cc2ccccc2)Cc2ccccc2)c1. The highest BCUT2D eigenvalue weighted by Gasteiger charge is 2.44. The molecule has 2 aliphatic rings. The molecule has 0 aromatic heterocycles. The molecule has 0 bridgehead atoms. The van der Waals surface area contributed by atoms with Crippen molar-refractivity contribution >= 4 is 27.9 Å². The Morgan fingerprint density at radius 3 is 2.05 bits per heavy atom. The Morgan fingerprint density at radius 2 is 1.44 bits per heavy atom. The number of anilines is 1. The largest absolute Gasteiger partial charge is 0.443 e. The van der Waals surface area contributed by atoms with Crippen molar-refractivity contribution in [1.82, 2.24) is 14.5 Å². The summed E-state index contributed by atoms with van der Waals surface area (Å²) in [5.74, 6) is -0.0856. The number of rotatable bonds is 19. The van der Waals surface area contributed by atoms with Gasteiger partial charge in [-0.2, -0.15) is 4.31 Å². The number of benzene rings is 4. The van der Waals surface area contributed by atoms with Crippen LogP contribution in [0.25, 0.3) is 0 Å². The number of carbonyl (C=O) groups is 2. The fourth-order valence-electron chi connectivity index (χ4n) is 7.96. The molecule has 0 aliphatic carbocycles. The van der Waals surface area contributed by atoms with Crippen molar-refractivity contribution in [3.05, 3.63) is 132 Å². The number of hydrogen-bond acceptors (Lipinski definition) is 10. The minimum absolute atomic E-state index is 0.0357. The molecule has 4 aromatic carbocycles. The quantitative estimate of drug-likeness (QED) is 0.0964. The lowest BCUT2D eigenvalue weighted by atomic mass is 9.88. The zero-order valence-corrected chi connectivity index (χ0v) is 38.2. The lowest BCUT2D eigenvalue weighted by molar-refractivity contribution is -0.0907. The second kappa shape index (κ2) is 21.2. The molecule has 13 nitrogen and oxygen atoms in total. The van der Waals surface area contributed by atoms with E-state index in [0.717, 1.165) is 5.56 Å². The molecule has 14 heteroatoms. The third kappa shape index (κ3) is 13.8. The molecule has 2 heterocycles. The molecule has 2 amide bonds. The van der Waals surface area contributed by atoms with Gasteiger partial charge in [-0.3, -0.25) is 9.80 Å². The number of aliphatic hydroxyl groups excluding tert-OH is 1. The van der Waals surface area contributed by atoms with E-state index < -0.39 is 57.8 Å². The monoisotopic (exact) mass is 884 g/mol. The summed E-state index contributed by atoms with van der Waals surface area (Å²) < 4.78 is 54.0. The lowest BCUT2D eigenvalue weighted by Crippen LogP contribution is -2.52. The van der Waals surface area contributed by atoms with Crippen LogP contribution >= 0.6 is 0 Å². The number of aliphatic hydroxyl groups is 1. The smallest absolute Gasteiger partial charge is 0.414 e. The van der Waals surface area contributed by atoms with Crippen LogP contribution in [0.3, 0.4) is 0 Å². The van der Waals surface area contributed by atoms with Crippen molar-refractivity contribution in [1.29, 1.82) is 0 Å². The van der Waals surface area contributed by atoms with Crippen LogP contribution in [0.5, 0.6) is 0 Å². The first-order valence-electron chi connectivity index (χ1n) is 21.8. The van der Waals surface area contributed by atoms with Crippen LogP contribution in [-0.4, -0.2) is 105 Å². The summed E-state index contributed by atoms with van der Waals surface area (Å²) in [6, 6.07) is 35.1. The van der Waals surface area contributed by atoms with E-state index in [1.807, 2.05) is 80.6 Å². The second-order valence-electron chi connectivity index (χ2n) is 18.4. The Kier molecular flexibility index (Phi) is 16.1. The summed E-state index contributed by atoms with van der Waals surface area (Å²) in [4.78, 5) is 30.2. The number of fused-ring (bicyclic) bond motifs is 1. The third-order valence-corrected chi connectivity index (χ3v) is 13.2. The van der Waals surface area contributed by atoms with Gasteiger partial charge in [0, 0.05) is 38.9 Å².